The van der Waals surface area contributed by atoms with E-state index in [-0.39, 0.29) is 5.75 Å². The molecule has 1 aromatic rings. The van der Waals surface area contributed by atoms with E-state index < -0.39 is 10.0 Å². The van der Waals surface area contributed by atoms with Crippen molar-refractivity contribution in [1.29, 1.82) is 0 Å². The Labute approximate surface area is 108 Å². The third kappa shape index (κ3) is 3.98. The Morgan fingerprint density at radius 1 is 1.18 bits per heavy atom. The minimum absolute atomic E-state index is 0.0411. The van der Waals surface area contributed by atoms with Gasteiger partial charge in [0, 0.05) is 19.0 Å². The lowest BCUT2D eigenvalue weighted by Gasteiger charge is -2.18. The minimum Gasteiger partial charge on any atom is -0.212 e. The lowest BCUT2D eigenvalue weighted by atomic mass is 10.2. The van der Waals surface area contributed by atoms with Crippen molar-refractivity contribution in [3.8, 4) is 0 Å². The highest BCUT2D eigenvalue weighted by Crippen LogP contribution is 2.13. The molecular weight excluding hydrogens is 258 g/mol. The highest BCUT2D eigenvalue weighted by atomic mass is 35.5. The third-order valence-corrected chi connectivity index (χ3v) is 4.90. The summed E-state index contributed by atoms with van der Waals surface area (Å²) in [4.78, 5) is 0. The van der Waals surface area contributed by atoms with Crippen LogP contribution in [0, 0.1) is 0 Å². The maximum Gasteiger partial charge on any atom is 0.218 e. The summed E-state index contributed by atoms with van der Waals surface area (Å²) in [5.74, 6) is 0.443. The molecular formula is C12H18ClNO2S. The van der Waals surface area contributed by atoms with Gasteiger partial charge in [0.05, 0.1) is 5.75 Å². The van der Waals surface area contributed by atoms with Gasteiger partial charge >= 0.3 is 0 Å². The lowest BCUT2D eigenvalue weighted by Crippen LogP contribution is -2.31. The van der Waals surface area contributed by atoms with Gasteiger partial charge in [0.1, 0.15) is 0 Å². The van der Waals surface area contributed by atoms with Gasteiger partial charge in [0.15, 0.2) is 0 Å². The Morgan fingerprint density at radius 3 is 2.29 bits per heavy atom. The third-order valence-electron chi connectivity index (χ3n) is 2.59. The first-order valence-corrected chi connectivity index (χ1v) is 7.79. The van der Waals surface area contributed by atoms with Crippen molar-refractivity contribution in [1.82, 2.24) is 4.31 Å². The molecule has 96 valence electrons. The topological polar surface area (TPSA) is 37.4 Å². The average molecular weight is 276 g/mol. The molecule has 0 amide bonds. The number of halogens is 1. The number of sulfonamides is 1. The fourth-order valence-electron chi connectivity index (χ4n) is 1.72. The van der Waals surface area contributed by atoms with Crippen LogP contribution in [0.1, 0.15) is 25.0 Å². The van der Waals surface area contributed by atoms with Crippen molar-refractivity contribution >= 4 is 21.6 Å². The Balaban J connectivity index is 2.89. The van der Waals surface area contributed by atoms with Crippen molar-refractivity contribution in [3.63, 3.8) is 0 Å². The van der Waals surface area contributed by atoms with Gasteiger partial charge in [0.2, 0.25) is 10.0 Å². The molecule has 0 N–H and O–H groups in total. The molecule has 5 heteroatoms. The number of nitrogens with zero attached hydrogens (tertiary/aromatic N) is 1. The second-order valence-electron chi connectivity index (χ2n) is 3.79. The molecule has 0 unspecified atom stereocenters. The van der Waals surface area contributed by atoms with E-state index in [4.69, 9.17) is 11.6 Å². The molecule has 0 atom stereocenters. The van der Waals surface area contributed by atoms with Crippen LogP contribution in [0.5, 0.6) is 0 Å². The normalized spacial score (nSPS) is 12.0. The Morgan fingerprint density at radius 2 is 1.76 bits per heavy atom. The van der Waals surface area contributed by atoms with Crippen LogP contribution < -0.4 is 0 Å². The zero-order chi connectivity index (χ0) is 12.9. The summed E-state index contributed by atoms with van der Waals surface area (Å²) in [6.07, 6.45) is 0. The van der Waals surface area contributed by atoms with E-state index in [0.717, 1.165) is 11.1 Å². The van der Waals surface area contributed by atoms with Crippen molar-refractivity contribution in [3.05, 3.63) is 35.4 Å². The average Bonchev–Trinajstić information content (AvgIpc) is 2.29. The Bertz CT molecular complexity index is 455. The zero-order valence-corrected chi connectivity index (χ0v) is 11.8. The van der Waals surface area contributed by atoms with Crippen LogP contribution in [0.25, 0.3) is 0 Å². The molecule has 0 radical (unpaired) electrons. The summed E-state index contributed by atoms with van der Waals surface area (Å²) in [6.45, 7) is 4.70. The molecule has 3 nitrogen and oxygen atoms in total. The monoisotopic (exact) mass is 275 g/mol. The van der Waals surface area contributed by atoms with E-state index in [1.807, 2.05) is 38.1 Å². The van der Waals surface area contributed by atoms with Crippen LogP contribution in [0.2, 0.25) is 0 Å². The summed E-state index contributed by atoms with van der Waals surface area (Å²) in [5.41, 5.74) is 1.73. The predicted octanol–water partition coefficient (Wildman–Crippen LogP) is 2.60. The van der Waals surface area contributed by atoms with E-state index in [0.29, 0.717) is 19.0 Å². The maximum atomic E-state index is 12.1. The van der Waals surface area contributed by atoms with Gasteiger partial charge in [-0.1, -0.05) is 38.1 Å². The summed E-state index contributed by atoms with van der Waals surface area (Å²) < 4.78 is 25.6. The largest absolute Gasteiger partial charge is 0.218 e. The fraction of sp³-hybridized carbons (Fsp3) is 0.500. The zero-order valence-electron chi connectivity index (χ0n) is 10.2. The highest BCUT2D eigenvalue weighted by molar-refractivity contribution is 7.88. The lowest BCUT2D eigenvalue weighted by molar-refractivity contribution is 0.444. The van der Waals surface area contributed by atoms with E-state index in [9.17, 15) is 8.42 Å². The second kappa shape index (κ2) is 6.38. The van der Waals surface area contributed by atoms with Gasteiger partial charge in [0.25, 0.3) is 0 Å². The molecule has 0 spiro atoms. The van der Waals surface area contributed by atoms with Crippen molar-refractivity contribution < 1.29 is 8.42 Å². The standard InChI is InChI=1S/C12H18ClNO2S/c1-3-14(4-2)17(15,16)10-12-7-5-6-11(8-12)9-13/h5-8H,3-4,9-10H2,1-2H3. The van der Waals surface area contributed by atoms with Crippen molar-refractivity contribution in [2.75, 3.05) is 13.1 Å². The quantitative estimate of drug-likeness (QED) is 0.749. The van der Waals surface area contributed by atoms with Crippen molar-refractivity contribution in [2.24, 2.45) is 0 Å². The molecule has 0 aromatic heterocycles. The number of hydrogen-bond acceptors (Lipinski definition) is 2. The van der Waals surface area contributed by atoms with Crippen LogP contribution in [-0.2, 0) is 21.7 Å². The summed E-state index contributed by atoms with van der Waals surface area (Å²) >= 11 is 5.73. The van der Waals surface area contributed by atoms with E-state index >= 15 is 0 Å². The maximum absolute atomic E-state index is 12.1. The molecule has 0 heterocycles. The highest BCUT2D eigenvalue weighted by Gasteiger charge is 2.19. The molecule has 1 rings (SSSR count). The van der Waals surface area contributed by atoms with Gasteiger partial charge in [-0.3, -0.25) is 0 Å². The number of benzene rings is 1. The Kier molecular flexibility index (Phi) is 5.43. The van der Waals surface area contributed by atoms with Gasteiger partial charge in [-0.05, 0) is 11.1 Å². The van der Waals surface area contributed by atoms with E-state index in [1.165, 1.54) is 4.31 Å². The molecule has 0 aliphatic carbocycles. The first kappa shape index (κ1) is 14.5. The van der Waals surface area contributed by atoms with Gasteiger partial charge < -0.3 is 0 Å². The SMILES string of the molecule is CCN(CC)S(=O)(=O)Cc1cccc(CCl)c1. The predicted molar refractivity (Wildman–Crippen MR) is 71.5 cm³/mol. The summed E-state index contributed by atoms with van der Waals surface area (Å²) in [7, 11) is -3.21. The molecule has 17 heavy (non-hydrogen) atoms. The molecule has 0 aliphatic heterocycles. The van der Waals surface area contributed by atoms with Crippen molar-refractivity contribution in [2.45, 2.75) is 25.5 Å². The molecule has 0 saturated carbocycles. The summed E-state index contributed by atoms with van der Waals surface area (Å²) in [5, 5.41) is 0. The van der Waals surface area contributed by atoms with Gasteiger partial charge in [-0.2, -0.15) is 0 Å². The number of alkyl halides is 1. The molecule has 0 bridgehead atoms. The Hall–Kier alpha value is -0.580. The smallest absolute Gasteiger partial charge is 0.212 e. The van der Waals surface area contributed by atoms with Crippen LogP contribution in [0.3, 0.4) is 0 Å². The van der Waals surface area contributed by atoms with Gasteiger partial charge in [-0.15, -0.1) is 11.6 Å². The van der Waals surface area contributed by atoms with Crippen LogP contribution >= 0.6 is 11.6 Å². The molecule has 0 saturated heterocycles. The first-order valence-electron chi connectivity index (χ1n) is 5.65. The minimum atomic E-state index is -3.21. The van der Waals surface area contributed by atoms with Crippen LogP contribution in [0.15, 0.2) is 24.3 Å². The molecule has 0 aliphatic rings. The van der Waals surface area contributed by atoms with Crippen LogP contribution in [0.4, 0.5) is 0 Å². The summed E-state index contributed by atoms with van der Waals surface area (Å²) in [6, 6.07) is 7.39. The number of hydrogen-bond donors (Lipinski definition) is 0. The second-order valence-corrected chi connectivity index (χ2v) is 6.03. The molecule has 1 aromatic carbocycles. The number of rotatable bonds is 6. The van der Waals surface area contributed by atoms with E-state index in [2.05, 4.69) is 0 Å². The van der Waals surface area contributed by atoms with E-state index in [1.54, 1.807) is 0 Å². The van der Waals surface area contributed by atoms with Crippen LogP contribution in [-0.4, -0.2) is 25.8 Å². The first-order chi connectivity index (χ1) is 8.03. The fourth-order valence-corrected chi connectivity index (χ4v) is 3.46. The van der Waals surface area contributed by atoms with Gasteiger partial charge in [-0.25, -0.2) is 12.7 Å². The molecule has 0 fully saturated rings.